The minimum absolute atomic E-state index is 0.231. The predicted octanol–water partition coefficient (Wildman–Crippen LogP) is 2.62. The second-order valence-corrected chi connectivity index (χ2v) is 7.98. The summed E-state index contributed by atoms with van der Waals surface area (Å²) in [4.78, 5) is 17.9. The largest absolute Gasteiger partial charge is 0.379 e. The van der Waals surface area contributed by atoms with Crippen LogP contribution in [0, 0.1) is 19.8 Å². The van der Waals surface area contributed by atoms with Crippen molar-refractivity contribution in [1.82, 2.24) is 14.4 Å². The molecule has 5 heteroatoms. The second-order valence-electron chi connectivity index (χ2n) is 7.98. The SMILES string of the molecule is CC[C@H]1CN(C(=O)c2cc(C)n(C3CC3)c2C)C[C@@H]1N1CCOCC1. The van der Waals surface area contributed by atoms with E-state index in [0.29, 0.717) is 18.0 Å². The molecule has 3 heterocycles. The number of ether oxygens (including phenoxy) is 1. The molecular formula is C20H31N3O2. The van der Waals surface area contributed by atoms with Crippen molar-refractivity contribution < 1.29 is 9.53 Å². The number of likely N-dealkylation sites (tertiary alicyclic amines) is 1. The van der Waals surface area contributed by atoms with E-state index in [4.69, 9.17) is 4.74 Å². The molecule has 5 nitrogen and oxygen atoms in total. The van der Waals surface area contributed by atoms with Gasteiger partial charge in [0, 0.05) is 49.7 Å². The zero-order valence-electron chi connectivity index (χ0n) is 15.8. The Labute approximate surface area is 150 Å². The van der Waals surface area contributed by atoms with E-state index in [1.165, 1.54) is 18.5 Å². The van der Waals surface area contributed by atoms with Gasteiger partial charge in [0.25, 0.3) is 5.91 Å². The highest BCUT2D eigenvalue weighted by Crippen LogP contribution is 2.39. The quantitative estimate of drug-likeness (QED) is 0.842. The van der Waals surface area contributed by atoms with Crippen LogP contribution in [-0.4, -0.2) is 65.7 Å². The van der Waals surface area contributed by atoms with Gasteiger partial charge < -0.3 is 14.2 Å². The van der Waals surface area contributed by atoms with E-state index < -0.39 is 0 Å². The van der Waals surface area contributed by atoms with Crippen molar-refractivity contribution in [1.29, 1.82) is 0 Å². The minimum atomic E-state index is 0.231. The summed E-state index contributed by atoms with van der Waals surface area (Å²) >= 11 is 0. The molecule has 0 radical (unpaired) electrons. The van der Waals surface area contributed by atoms with Gasteiger partial charge in [-0.2, -0.15) is 0 Å². The van der Waals surface area contributed by atoms with Crippen LogP contribution in [0.4, 0.5) is 0 Å². The summed E-state index contributed by atoms with van der Waals surface area (Å²) in [6.45, 7) is 11.9. The average molecular weight is 345 g/mol. The third-order valence-electron chi connectivity index (χ3n) is 6.36. The molecule has 4 rings (SSSR count). The van der Waals surface area contributed by atoms with E-state index in [0.717, 1.165) is 57.1 Å². The Morgan fingerprint density at radius 2 is 1.92 bits per heavy atom. The molecule has 0 aromatic carbocycles. The molecule has 25 heavy (non-hydrogen) atoms. The van der Waals surface area contributed by atoms with Crippen molar-refractivity contribution in [3.63, 3.8) is 0 Å². The van der Waals surface area contributed by atoms with Gasteiger partial charge in [-0.05, 0) is 38.7 Å². The number of carbonyl (C=O) groups excluding carboxylic acids is 1. The fourth-order valence-corrected chi connectivity index (χ4v) is 4.80. The Hall–Kier alpha value is -1.33. The first-order valence-electron chi connectivity index (χ1n) is 9.89. The van der Waals surface area contributed by atoms with Crippen LogP contribution in [-0.2, 0) is 4.74 Å². The Morgan fingerprint density at radius 3 is 2.56 bits per heavy atom. The van der Waals surface area contributed by atoms with Crippen molar-refractivity contribution in [2.24, 2.45) is 5.92 Å². The van der Waals surface area contributed by atoms with Gasteiger partial charge in [-0.25, -0.2) is 0 Å². The van der Waals surface area contributed by atoms with Gasteiger partial charge in [-0.3, -0.25) is 9.69 Å². The number of rotatable bonds is 4. The normalized spacial score (nSPS) is 27.9. The maximum atomic E-state index is 13.2. The molecule has 1 amide bonds. The van der Waals surface area contributed by atoms with Crippen LogP contribution in [0.25, 0.3) is 0 Å². The topological polar surface area (TPSA) is 37.7 Å². The Balaban J connectivity index is 1.52. The summed E-state index contributed by atoms with van der Waals surface area (Å²) in [6.07, 6.45) is 3.64. The summed E-state index contributed by atoms with van der Waals surface area (Å²) in [5, 5.41) is 0. The van der Waals surface area contributed by atoms with Crippen LogP contribution >= 0.6 is 0 Å². The maximum absolute atomic E-state index is 13.2. The molecule has 0 N–H and O–H groups in total. The van der Waals surface area contributed by atoms with Crippen LogP contribution in [0.3, 0.4) is 0 Å². The third kappa shape index (κ3) is 3.13. The molecule has 2 saturated heterocycles. The molecule has 1 aliphatic carbocycles. The number of amides is 1. The molecule has 3 aliphatic rings. The van der Waals surface area contributed by atoms with E-state index in [-0.39, 0.29) is 5.91 Å². The van der Waals surface area contributed by atoms with Crippen LogP contribution in [0.15, 0.2) is 6.07 Å². The van der Waals surface area contributed by atoms with Gasteiger partial charge in [0.15, 0.2) is 0 Å². The molecule has 2 atom stereocenters. The molecular weight excluding hydrogens is 314 g/mol. The average Bonchev–Trinajstić information content (AvgIpc) is 3.28. The Bertz CT molecular complexity index is 644. The Morgan fingerprint density at radius 1 is 1.20 bits per heavy atom. The zero-order valence-corrected chi connectivity index (χ0v) is 15.8. The lowest BCUT2D eigenvalue weighted by Gasteiger charge is -2.34. The van der Waals surface area contributed by atoms with Crippen molar-refractivity contribution in [3.8, 4) is 0 Å². The van der Waals surface area contributed by atoms with E-state index in [9.17, 15) is 4.79 Å². The lowest BCUT2D eigenvalue weighted by molar-refractivity contribution is 0.0103. The molecule has 1 aromatic rings. The predicted molar refractivity (Wildman–Crippen MR) is 98.0 cm³/mol. The summed E-state index contributed by atoms with van der Waals surface area (Å²) in [5.74, 6) is 0.809. The number of hydrogen-bond donors (Lipinski definition) is 0. The monoisotopic (exact) mass is 345 g/mol. The van der Waals surface area contributed by atoms with E-state index in [1.54, 1.807) is 0 Å². The molecule has 2 aliphatic heterocycles. The molecule has 0 spiro atoms. The molecule has 0 bridgehead atoms. The standard InChI is InChI=1S/C20H31N3O2/c1-4-16-12-22(13-19(16)21-7-9-25-10-8-21)20(24)18-11-14(2)23(15(18)3)17-5-6-17/h11,16-17,19H,4-10,12-13H2,1-3H3/t16-,19-/m0/s1. The molecule has 1 saturated carbocycles. The van der Waals surface area contributed by atoms with Gasteiger partial charge in [-0.1, -0.05) is 13.3 Å². The number of hydrogen-bond acceptors (Lipinski definition) is 3. The molecule has 3 fully saturated rings. The van der Waals surface area contributed by atoms with E-state index in [1.807, 2.05) is 0 Å². The fourth-order valence-electron chi connectivity index (χ4n) is 4.80. The van der Waals surface area contributed by atoms with Gasteiger partial charge in [-0.15, -0.1) is 0 Å². The molecule has 138 valence electrons. The first-order valence-corrected chi connectivity index (χ1v) is 9.89. The number of morpholine rings is 1. The zero-order chi connectivity index (χ0) is 17.6. The lowest BCUT2D eigenvalue weighted by Crippen LogP contribution is -2.47. The van der Waals surface area contributed by atoms with Crippen LogP contribution in [0.2, 0.25) is 0 Å². The van der Waals surface area contributed by atoms with E-state index >= 15 is 0 Å². The first-order chi connectivity index (χ1) is 12.1. The lowest BCUT2D eigenvalue weighted by atomic mass is 9.99. The number of nitrogens with zero attached hydrogens (tertiary/aromatic N) is 3. The highest BCUT2D eigenvalue weighted by molar-refractivity contribution is 5.96. The van der Waals surface area contributed by atoms with E-state index in [2.05, 4.69) is 41.2 Å². The van der Waals surface area contributed by atoms with Crippen LogP contribution in [0.1, 0.15) is 54.0 Å². The third-order valence-corrected chi connectivity index (χ3v) is 6.36. The number of carbonyl (C=O) groups is 1. The smallest absolute Gasteiger partial charge is 0.255 e. The number of aryl methyl sites for hydroxylation is 1. The summed E-state index contributed by atoms with van der Waals surface area (Å²) in [5.41, 5.74) is 3.31. The first kappa shape index (κ1) is 17.1. The van der Waals surface area contributed by atoms with Crippen molar-refractivity contribution >= 4 is 5.91 Å². The van der Waals surface area contributed by atoms with Gasteiger partial charge >= 0.3 is 0 Å². The summed E-state index contributed by atoms with van der Waals surface area (Å²) in [7, 11) is 0. The highest BCUT2D eigenvalue weighted by atomic mass is 16.5. The van der Waals surface area contributed by atoms with Gasteiger partial charge in [0.1, 0.15) is 0 Å². The summed E-state index contributed by atoms with van der Waals surface area (Å²) in [6, 6.07) is 3.23. The maximum Gasteiger partial charge on any atom is 0.255 e. The highest BCUT2D eigenvalue weighted by Gasteiger charge is 2.39. The van der Waals surface area contributed by atoms with Crippen LogP contribution in [0.5, 0.6) is 0 Å². The van der Waals surface area contributed by atoms with Crippen molar-refractivity contribution in [2.75, 3.05) is 39.4 Å². The second kappa shape index (κ2) is 6.76. The molecule has 0 unspecified atom stereocenters. The van der Waals surface area contributed by atoms with Gasteiger partial charge in [0.2, 0.25) is 0 Å². The van der Waals surface area contributed by atoms with Gasteiger partial charge in [0.05, 0.1) is 18.8 Å². The Kier molecular flexibility index (Phi) is 4.63. The van der Waals surface area contributed by atoms with Crippen LogP contribution < -0.4 is 0 Å². The minimum Gasteiger partial charge on any atom is -0.379 e. The van der Waals surface area contributed by atoms with Crippen molar-refractivity contribution in [3.05, 3.63) is 23.0 Å². The summed E-state index contributed by atoms with van der Waals surface area (Å²) < 4.78 is 7.88. The van der Waals surface area contributed by atoms with Crippen molar-refractivity contribution in [2.45, 2.75) is 52.1 Å². The molecule has 1 aromatic heterocycles. The number of aromatic nitrogens is 1. The fraction of sp³-hybridized carbons (Fsp3) is 0.750.